The van der Waals surface area contributed by atoms with Crippen molar-refractivity contribution in [1.82, 2.24) is 4.57 Å². The molecule has 73 heavy (non-hydrogen) atoms. The number of benzene rings is 9. The second-order valence-electron chi connectivity index (χ2n) is 20.0. The average Bonchev–Trinajstić information content (AvgIpc) is 3.89. The Labute approximate surface area is 431 Å². The second kappa shape index (κ2) is 21.2. The Balaban J connectivity index is 0.817. The molecule has 1 unspecified atom stereocenters. The van der Waals surface area contributed by atoms with Crippen LogP contribution < -0.4 is 9.64 Å². The SMILES string of the molecule is CCC(C)c1ccc(OCCOCCCOCCc2ccc3c(c2)c2cc(-c4ccc(N(c5ccc(-c6ccccc6)cc5)c5ccc6c(c5)C(C)(C)c5ccccc5-6)cc4)ccc2n3-c2ccccc2)cc1. The fourth-order valence-corrected chi connectivity index (χ4v) is 10.8. The van der Waals surface area contributed by atoms with Crippen LogP contribution in [0.4, 0.5) is 17.1 Å². The maximum atomic E-state index is 6.13. The molecule has 0 saturated heterocycles. The van der Waals surface area contributed by atoms with Crippen LogP contribution in [-0.2, 0) is 21.3 Å². The molecular formula is C68H64N2O3. The molecule has 0 radical (unpaired) electrons. The Kier molecular flexibility index (Phi) is 13.8. The van der Waals surface area contributed by atoms with Gasteiger partial charge in [0.2, 0.25) is 0 Å². The molecule has 1 aromatic heterocycles. The third kappa shape index (κ3) is 9.83. The van der Waals surface area contributed by atoms with E-state index in [4.69, 9.17) is 14.2 Å². The smallest absolute Gasteiger partial charge is 0.119 e. The number of aromatic nitrogens is 1. The summed E-state index contributed by atoms with van der Waals surface area (Å²) in [5, 5.41) is 2.47. The fourth-order valence-electron chi connectivity index (χ4n) is 10.8. The molecule has 0 N–H and O–H groups in total. The second-order valence-corrected chi connectivity index (χ2v) is 20.0. The number of ether oxygens (including phenoxy) is 3. The summed E-state index contributed by atoms with van der Waals surface area (Å²) in [6.45, 7) is 12.2. The van der Waals surface area contributed by atoms with E-state index in [1.165, 1.54) is 77.4 Å². The van der Waals surface area contributed by atoms with Crippen molar-refractivity contribution in [2.45, 2.75) is 58.3 Å². The van der Waals surface area contributed by atoms with Crippen molar-refractivity contribution < 1.29 is 14.2 Å². The first-order valence-corrected chi connectivity index (χ1v) is 26.2. The first kappa shape index (κ1) is 47.6. The fraction of sp³-hybridized carbons (Fsp3) is 0.206. The normalized spacial score (nSPS) is 13.0. The van der Waals surface area contributed by atoms with Gasteiger partial charge < -0.3 is 23.7 Å². The van der Waals surface area contributed by atoms with Crippen LogP contribution in [0.3, 0.4) is 0 Å². The van der Waals surface area contributed by atoms with Crippen LogP contribution >= 0.6 is 0 Å². The molecule has 0 aliphatic heterocycles. The highest BCUT2D eigenvalue weighted by Crippen LogP contribution is 2.51. The number of anilines is 3. The van der Waals surface area contributed by atoms with Gasteiger partial charge in [0.05, 0.1) is 24.2 Å². The van der Waals surface area contributed by atoms with E-state index in [0.717, 1.165) is 47.8 Å². The van der Waals surface area contributed by atoms with Gasteiger partial charge in [-0.15, -0.1) is 0 Å². The summed E-state index contributed by atoms with van der Waals surface area (Å²) in [7, 11) is 0. The van der Waals surface area contributed by atoms with Crippen LogP contribution in [0.25, 0.3) is 60.9 Å². The summed E-state index contributed by atoms with van der Waals surface area (Å²) >= 11 is 0. The Morgan fingerprint density at radius 2 is 1.05 bits per heavy atom. The van der Waals surface area contributed by atoms with Gasteiger partial charge in [-0.2, -0.15) is 0 Å². The van der Waals surface area contributed by atoms with Crippen molar-refractivity contribution in [1.29, 1.82) is 0 Å². The van der Waals surface area contributed by atoms with E-state index in [9.17, 15) is 0 Å². The van der Waals surface area contributed by atoms with E-state index in [1.54, 1.807) is 0 Å². The molecule has 5 nitrogen and oxygen atoms in total. The number of fused-ring (bicyclic) bond motifs is 6. The number of hydrogen-bond donors (Lipinski definition) is 0. The molecule has 0 bridgehead atoms. The molecule has 364 valence electrons. The lowest BCUT2D eigenvalue weighted by Crippen LogP contribution is -2.16. The third-order valence-electron chi connectivity index (χ3n) is 15.0. The minimum Gasteiger partial charge on any atom is -0.491 e. The zero-order valence-electron chi connectivity index (χ0n) is 42.6. The van der Waals surface area contributed by atoms with Crippen LogP contribution in [0.2, 0.25) is 0 Å². The van der Waals surface area contributed by atoms with Gasteiger partial charge in [-0.25, -0.2) is 0 Å². The summed E-state index contributed by atoms with van der Waals surface area (Å²) < 4.78 is 20.3. The van der Waals surface area contributed by atoms with E-state index < -0.39 is 0 Å². The molecule has 1 heterocycles. The molecule has 11 rings (SSSR count). The molecular weight excluding hydrogens is 893 g/mol. The summed E-state index contributed by atoms with van der Waals surface area (Å²) in [5.41, 5.74) is 19.5. The maximum absolute atomic E-state index is 6.13. The van der Waals surface area contributed by atoms with Crippen LogP contribution in [0.1, 0.15) is 68.7 Å². The minimum absolute atomic E-state index is 0.112. The standard InChI is InChI=1S/C68H64N2O3/c1-5-48(2)50-26-34-59(35-27-50)73-44-43-72-41-14-40-71-42-39-49-21-37-66-62(45-49)63-46-54(28-38-67(63)70(66)55-17-10-7-11-18-55)53-24-31-57(32-25-53)69(56-29-22-52(23-30-56)51-15-8-6-9-16-51)58-33-36-61-60-19-12-13-20-64(60)68(3,4)65(61)47-58/h6-13,15-38,45-48H,5,14,39-44H2,1-4H3. The third-order valence-corrected chi connectivity index (χ3v) is 15.0. The van der Waals surface area contributed by atoms with E-state index in [0.29, 0.717) is 39.0 Å². The molecule has 9 aromatic carbocycles. The van der Waals surface area contributed by atoms with E-state index in [-0.39, 0.29) is 5.41 Å². The molecule has 0 fully saturated rings. The Bertz CT molecular complexity index is 3470. The molecule has 1 atom stereocenters. The largest absolute Gasteiger partial charge is 0.491 e. The summed E-state index contributed by atoms with van der Waals surface area (Å²) in [4.78, 5) is 2.40. The lowest BCUT2D eigenvalue weighted by molar-refractivity contribution is 0.0690. The van der Waals surface area contributed by atoms with Gasteiger partial charge in [0.15, 0.2) is 0 Å². The van der Waals surface area contributed by atoms with Gasteiger partial charge in [0.1, 0.15) is 12.4 Å². The molecule has 0 amide bonds. The predicted molar refractivity (Wildman–Crippen MR) is 305 cm³/mol. The Morgan fingerprint density at radius 3 is 1.77 bits per heavy atom. The molecule has 0 saturated carbocycles. The lowest BCUT2D eigenvalue weighted by atomic mass is 9.82. The monoisotopic (exact) mass is 956 g/mol. The van der Waals surface area contributed by atoms with Crippen molar-refractivity contribution in [2.75, 3.05) is 37.9 Å². The highest BCUT2D eigenvalue weighted by Gasteiger charge is 2.35. The first-order valence-electron chi connectivity index (χ1n) is 26.2. The highest BCUT2D eigenvalue weighted by molar-refractivity contribution is 6.10. The van der Waals surface area contributed by atoms with Crippen LogP contribution in [-0.4, -0.2) is 37.6 Å². The van der Waals surface area contributed by atoms with Crippen molar-refractivity contribution in [3.05, 3.63) is 235 Å². The van der Waals surface area contributed by atoms with Crippen molar-refractivity contribution in [3.8, 4) is 44.8 Å². The van der Waals surface area contributed by atoms with E-state index in [2.05, 4.69) is 249 Å². The quantitative estimate of drug-likeness (QED) is 0.0757. The lowest BCUT2D eigenvalue weighted by Gasteiger charge is -2.28. The number of hydrogen-bond acceptors (Lipinski definition) is 4. The van der Waals surface area contributed by atoms with Crippen LogP contribution in [0.15, 0.2) is 212 Å². The summed E-state index contributed by atoms with van der Waals surface area (Å²) in [5.74, 6) is 1.45. The number of para-hydroxylation sites is 1. The highest BCUT2D eigenvalue weighted by atomic mass is 16.5. The minimum atomic E-state index is -0.112. The predicted octanol–water partition coefficient (Wildman–Crippen LogP) is 17.5. The maximum Gasteiger partial charge on any atom is 0.119 e. The number of rotatable bonds is 19. The van der Waals surface area contributed by atoms with Crippen LogP contribution in [0.5, 0.6) is 5.75 Å². The van der Waals surface area contributed by atoms with Crippen molar-refractivity contribution in [3.63, 3.8) is 0 Å². The van der Waals surface area contributed by atoms with Crippen molar-refractivity contribution in [2.24, 2.45) is 0 Å². The van der Waals surface area contributed by atoms with E-state index >= 15 is 0 Å². The molecule has 1 aliphatic rings. The zero-order chi connectivity index (χ0) is 49.7. The van der Waals surface area contributed by atoms with Crippen molar-refractivity contribution >= 4 is 38.9 Å². The molecule has 1 aliphatic carbocycles. The zero-order valence-corrected chi connectivity index (χ0v) is 42.6. The van der Waals surface area contributed by atoms with Gasteiger partial charge >= 0.3 is 0 Å². The number of nitrogens with zero attached hydrogens (tertiary/aromatic N) is 2. The molecule has 10 aromatic rings. The van der Waals surface area contributed by atoms with Gasteiger partial charge in [0.25, 0.3) is 0 Å². The Hall–Kier alpha value is -7.70. The summed E-state index contributed by atoms with van der Waals surface area (Å²) in [6, 6.07) is 77.6. The summed E-state index contributed by atoms with van der Waals surface area (Å²) in [6.07, 6.45) is 2.81. The molecule has 0 spiro atoms. The molecule has 5 heteroatoms. The topological polar surface area (TPSA) is 35.9 Å². The first-order chi connectivity index (χ1) is 35.8. The van der Waals surface area contributed by atoms with Crippen LogP contribution in [0, 0.1) is 0 Å². The van der Waals surface area contributed by atoms with E-state index in [1.807, 2.05) is 0 Å². The van der Waals surface area contributed by atoms with Gasteiger partial charge in [-0.3, -0.25) is 0 Å². The van der Waals surface area contributed by atoms with Gasteiger partial charge in [0, 0.05) is 52.2 Å². The van der Waals surface area contributed by atoms with Gasteiger partial charge in [-0.05, 0) is 166 Å². The van der Waals surface area contributed by atoms with Gasteiger partial charge in [-0.1, -0.05) is 155 Å². The average molecular weight is 957 g/mol. The Morgan fingerprint density at radius 1 is 0.479 bits per heavy atom.